The van der Waals surface area contributed by atoms with E-state index in [0.717, 1.165) is 27.9 Å². The zero-order chi connectivity index (χ0) is 17.8. The zero-order valence-electron chi connectivity index (χ0n) is 14.8. The molecule has 25 heavy (non-hydrogen) atoms. The molecule has 1 N–H and O–H groups in total. The average molecular weight is 337 g/mol. The lowest BCUT2D eigenvalue weighted by molar-refractivity contribution is -0.120. The van der Waals surface area contributed by atoms with Crippen LogP contribution in [0, 0.1) is 0 Å². The molecule has 0 aliphatic heterocycles. The third-order valence-corrected chi connectivity index (χ3v) is 4.16. The molecule has 0 atom stereocenters. The molecule has 0 aliphatic rings. The number of carbonyl (C=O) groups is 1. The Morgan fingerprint density at radius 1 is 1.16 bits per heavy atom. The second-order valence-corrected chi connectivity index (χ2v) is 6.30. The van der Waals surface area contributed by atoms with Crippen LogP contribution in [0.2, 0.25) is 0 Å². The molecule has 1 heterocycles. The molecule has 2 aromatic carbocycles. The molecular formula is C20H23N3O2. The van der Waals surface area contributed by atoms with E-state index in [0.29, 0.717) is 13.0 Å². The van der Waals surface area contributed by atoms with Crippen molar-refractivity contribution in [1.82, 2.24) is 15.1 Å². The molecule has 0 unspecified atom stereocenters. The van der Waals surface area contributed by atoms with Gasteiger partial charge < -0.3 is 10.1 Å². The Morgan fingerprint density at radius 2 is 1.88 bits per heavy atom. The van der Waals surface area contributed by atoms with Crippen LogP contribution in [-0.2, 0) is 17.8 Å². The summed E-state index contributed by atoms with van der Waals surface area (Å²) in [5.41, 5.74) is 2.94. The fourth-order valence-electron chi connectivity index (χ4n) is 2.85. The second kappa shape index (κ2) is 7.38. The summed E-state index contributed by atoms with van der Waals surface area (Å²) in [7, 11) is 1.63. The number of fused-ring (bicyclic) bond motifs is 1. The highest BCUT2D eigenvalue weighted by molar-refractivity contribution is 5.83. The fraction of sp³-hybridized carbons (Fsp3) is 0.300. The van der Waals surface area contributed by atoms with Gasteiger partial charge in [0.25, 0.3) is 0 Å². The number of rotatable bonds is 6. The Hall–Kier alpha value is -2.82. The normalized spacial score (nSPS) is 11.0. The predicted molar refractivity (Wildman–Crippen MR) is 98.7 cm³/mol. The molecule has 0 bridgehead atoms. The first-order chi connectivity index (χ1) is 12.1. The van der Waals surface area contributed by atoms with E-state index in [1.54, 1.807) is 7.11 Å². The number of hydrogen-bond acceptors (Lipinski definition) is 3. The lowest BCUT2D eigenvalue weighted by atomic mass is 10.1. The SMILES string of the molecule is COc1ccc(CC(=O)NCc2nn(C(C)C)c3ccccc23)cc1. The lowest BCUT2D eigenvalue weighted by Gasteiger charge is -2.06. The number of ether oxygens (including phenoxy) is 1. The van der Waals surface area contributed by atoms with Crippen LogP contribution in [-0.4, -0.2) is 22.8 Å². The van der Waals surface area contributed by atoms with E-state index < -0.39 is 0 Å². The first-order valence-corrected chi connectivity index (χ1v) is 8.44. The lowest BCUT2D eigenvalue weighted by Crippen LogP contribution is -2.25. The van der Waals surface area contributed by atoms with Gasteiger partial charge in [-0.05, 0) is 37.6 Å². The third-order valence-electron chi connectivity index (χ3n) is 4.16. The number of amides is 1. The molecule has 0 saturated heterocycles. The van der Waals surface area contributed by atoms with Crippen LogP contribution in [0.5, 0.6) is 5.75 Å². The number of carbonyl (C=O) groups excluding carboxylic acids is 1. The molecule has 130 valence electrons. The Kier molecular flexibility index (Phi) is 5.03. The largest absolute Gasteiger partial charge is 0.497 e. The summed E-state index contributed by atoms with van der Waals surface area (Å²) in [6, 6.07) is 15.9. The van der Waals surface area contributed by atoms with Gasteiger partial charge >= 0.3 is 0 Å². The van der Waals surface area contributed by atoms with Gasteiger partial charge in [0.2, 0.25) is 5.91 Å². The summed E-state index contributed by atoms with van der Waals surface area (Å²) in [5, 5.41) is 8.73. The van der Waals surface area contributed by atoms with E-state index in [1.807, 2.05) is 47.1 Å². The van der Waals surface area contributed by atoms with Crippen LogP contribution in [0.15, 0.2) is 48.5 Å². The fourth-order valence-corrected chi connectivity index (χ4v) is 2.85. The number of nitrogens with one attached hydrogen (secondary N) is 1. The predicted octanol–water partition coefficient (Wildman–Crippen LogP) is 3.48. The highest BCUT2D eigenvalue weighted by Gasteiger charge is 2.13. The van der Waals surface area contributed by atoms with Crippen molar-refractivity contribution in [3.63, 3.8) is 0 Å². The molecule has 0 radical (unpaired) electrons. The maximum absolute atomic E-state index is 12.2. The van der Waals surface area contributed by atoms with Crippen LogP contribution in [0.4, 0.5) is 0 Å². The number of hydrogen-bond donors (Lipinski definition) is 1. The summed E-state index contributed by atoms with van der Waals surface area (Å²) in [6.07, 6.45) is 0.340. The molecule has 3 rings (SSSR count). The van der Waals surface area contributed by atoms with Gasteiger partial charge in [-0.15, -0.1) is 0 Å². The summed E-state index contributed by atoms with van der Waals surface area (Å²) < 4.78 is 7.13. The van der Waals surface area contributed by atoms with Crippen molar-refractivity contribution in [2.24, 2.45) is 0 Å². The van der Waals surface area contributed by atoms with E-state index in [1.165, 1.54) is 0 Å². The van der Waals surface area contributed by atoms with Gasteiger partial charge in [0.15, 0.2) is 0 Å². The Morgan fingerprint density at radius 3 is 2.56 bits per heavy atom. The van der Waals surface area contributed by atoms with Gasteiger partial charge in [0.05, 0.1) is 31.3 Å². The number of aromatic nitrogens is 2. The van der Waals surface area contributed by atoms with Crippen molar-refractivity contribution >= 4 is 16.8 Å². The molecule has 1 aromatic heterocycles. The molecule has 0 saturated carbocycles. The summed E-state index contributed by atoms with van der Waals surface area (Å²) in [5.74, 6) is 0.767. The minimum atomic E-state index is -0.0201. The van der Waals surface area contributed by atoms with Crippen LogP contribution in [0.3, 0.4) is 0 Å². The first kappa shape index (κ1) is 17.0. The average Bonchev–Trinajstić information content (AvgIpc) is 3.00. The van der Waals surface area contributed by atoms with E-state index in [-0.39, 0.29) is 11.9 Å². The van der Waals surface area contributed by atoms with Gasteiger partial charge in [-0.25, -0.2) is 0 Å². The first-order valence-electron chi connectivity index (χ1n) is 8.44. The molecule has 1 amide bonds. The monoisotopic (exact) mass is 337 g/mol. The van der Waals surface area contributed by atoms with Crippen molar-refractivity contribution in [2.75, 3.05) is 7.11 Å². The highest BCUT2D eigenvalue weighted by atomic mass is 16.5. The minimum Gasteiger partial charge on any atom is -0.497 e. The zero-order valence-corrected chi connectivity index (χ0v) is 14.8. The van der Waals surface area contributed by atoms with E-state index >= 15 is 0 Å². The van der Waals surface area contributed by atoms with Crippen molar-refractivity contribution in [3.05, 3.63) is 59.8 Å². The van der Waals surface area contributed by atoms with Gasteiger partial charge in [0, 0.05) is 11.4 Å². The summed E-state index contributed by atoms with van der Waals surface area (Å²) >= 11 is 0. The van der Waals surface area contributed by atoms with Gasteiger partial charge in [-0.2, -0.15) is 5.10 Å². The molecule has 0 spiro atoms. The van der Waals surface area contributed by atoms with E-state index in [2.05, 4.69) is 30.3 Å². The highest BCUT2D eigenvalue weighted by Crippen LogP contribution is 2.21. The molecule has 0 fully saturated rings. The smallest absolute Gasteiger partial charge is 0.224 e. The summed E-state index contributed by atoms with van der Waals surface area (Å²) in [6.45, 7) is 4.63. The van der Waals surface area contributed by atoms with Crippen molar-refractivity contribution < 1.29 is 9.53 Å². The molecule has 5 nitrogen and oxygen atoms in total. The molecule has 5 heteroatoms. The number of benzene rings is 2. The maximum Gasteiger partial charge on any atom is 0.224 e. The quantitative estimate of drug-likeness (QED) is 0.749. The number of nitrogens with zero attached hydrogens (tertiary/aromatic N) is 2. The number of para-hydroxylation sites is 1. The second-order valence-electron chi connectivity index (χ2n) is 6.30. The number of methoxy groups -OCH3 is 1. The van der Waals surface area contributed by atoms with E-state index in [4.69, 9.17) is 4.74 Å². The van der Waals surface area contributed by atoms with Crippen molar-refractivity contribution in [3.8, 4) is 5.75 Å². The van der Waals surface area contributed by atoms with Gasteiger partial charge in [-0.1, -0.05) is 30.3 Å². The van der Waals surface area contributed by atoms with Crippen molar-refractivity contribution in [1.29, 1.82) is 0 Å². The van der Waals surface area contributed by atoms with Crippen LogP contribution >= 0.6 is 0 Å². The third kappa shape index (κ3) is 3.82. The summed E-state index contributed by atoms with van der Waals surface area (Å²) in [4.78, 5) is 12.2. The molecule has 3 aromatic rings. The van der Waals surface area contributed by atoms with Crippen molar-refractivity contribution in [2.45, 2.75) is 32.9 Å². The topological polar surface area (TPSA) is 56.1 Å². The van der Waals surface area contributed by atoms with Crippen LogP contribution in [0.25, 0.3) is 10.9 Å². The Balaban J connectivity index is 1.68. The van der Waals surface area contributed by atoms with Gasteiger partial charge in [0.1, 0.15) is 5.75 Å². The standard InChI is InChI=1S/C20H23N3O2/c1-14(2)23-19-7-5-4-6-17(19)18(22-23)13-21-20(24)12-15-8-10-16(25-3)11-9-15/h4-11,14H,12-13H2,1-3H3,(H,21,24). The maximum atomic E-state index is 12.2. The molecule has 0 aliphatic carbocycles. The minimum absolute atomic E-state index is 0.0201. The van der Waals surface area contributed by atoms with Gasteiger partial charge in [-0.3, -0.25) is 9.48 Å². The van der Waals surface area contributed by atoms with Crippen LogP contribution < -0.4 is 10.1 Å². The Labute approximate surface area is 147 Å². The van der Waals surface area contributed by atoms with Crippen LogP contribution in [0.1, 0.15) is 31.1 Å². The molecular weight excluding hydrogens is 314 g/mol. The van der Waals surface area contributed by atoms with E-state index in [9.17, 15) is 4.79 Å². The Bertz CT molecular complexity index is 866.